The van der Waals surface area contributed by atoms with Gasteiger partial charge in [-0.1, -0.05) is 17.7 Å². The van der Waals surface area contributed by atoms with Crippen LogP contribution in [0.2, 0.25) is 0 Å². The van der Waals surface area contributed by atoms with Gasteiger partial charge in [-0.15, -0.1) is 0 Å². The van der Waals surface area contributed by atoms with Crippen molar-refractivity contribution in [1.29, 1.82) is 0 Å². The molecule has 2 amide bonds. The Hall–Kier alpha value is -3.59. The molecule has 0 unspecified atom stereocenters. The first kappa shape index (κ1) is 20.3. The number of aryl methyl sites for hydroxylation is 1. The Morgan fingerprint density at radius 3 is 2.12 bits per heavy atom. The molecule has 3 aromatic rings. The van der Waals surface area contributed by atoms with Crippen molar-refractivity contribution in [3.63, 3.8) is 0 Å². The summed E-state index contributed by atoms with van der Waals surface area (Å²) in [6, 6.07) is 13.9. The topological polar surface area (TPSA) is 63.0 Å². The van der Waals surface area contributed by atoms with Crippen molar-refractivity contribution in [2.75, 3.05) is 9.96 Å². The Bertz CT molecular complexity index is 1160. The molecule has 9 heteroatoms. The summed E-state index contributed by atoms with van der Waals surface area (Å²) < 4.78 is 44.2. The molecule has 2 fully saturated rings. The summed E-state index contributed by atoms with van der Waals surface area (Å²) in [5, 5.41) is 1.49. The van der Waals surface area contributed by atoms with Gasteiger partial charge in [-0.25, -0.2) is 9.96 Å². The molecule has 3 heterocycles. The maximum Gasteiger partial charge on any atom is 0.416 e. The summed E-state index contributed by atoms with van der Waals surface area (Å²) in [5.74, 6) is -1.67. The number of halogens is 3. The number of nitrogens with zero attached hydrogens (tertiary/aromatic N) is 2. The molecule has 3 atom stereocenters. The number of alkyl halides is 3. The minimum Gasteiger partial charge on any atom is -0.467 e. The van der Waals surface area contributed by atoms with Crippen LogP contribution in [0.3, 0.4) is 0 Å². The maximum absolute atomic E-state index is 13.4. The Morgan fingerprint density at radius 1 is 0.875 bits per heavy atom. The van der Waals surface area contributed by atoms with E-state index in [4.69, 9.17) is 9.25 Å². The molecule has 0 N–H and O–H groups in total. The number of amides is 2. The molecule has 0 aliphatic carbocycles. The van der Waals surface area contributed by atoms with E-state index in [2.05, 4.69) is 0 Å². The molecule has 1 aromatic heterocycles. The number of furan rings is 1. The Kier molecular flexibility index (Phi) is 4.59. The predicted octanol–water partition coefficient (Wildman–Crippen LogP) is 4.66. The molecule has 0 bridgehead atoms. The number of hydrogen-bond donors (Lipinski definition) is 0. The molecule has 5 rings (SSSR count). The van der Waals surface area contributed by atoms with Gasteiger partial charge in [0.1, 0.15) is 17.7 Å². The summed E-state index contributed by atoms with van der Waals surface area (Å²) in [6.45, 7) is 1.93. The third kappa shape index (κ3) is 3.16. The third-order valence-electron chi connectivity index (χ3n) is 5.69. The molecule has 0 saturated carbocycles. The summed E-state index contributed by atoms with van der Waals surface area (Å²) in [7, 11) is 0. The first-order valence-corrected chi connectivity index (χ1v) is 9.87. The second-order valence-electron chi connectivity index (χ2n) is 7.73. The van der Waals surface area contributed by atoms with Gasteiger partial charge < -0.3 is 4.42 Å². The summed E-state index contributed by atoms with van der Waals surface area (Å²) >= 11 is 0. The lowest BCUT2D eigenvalue weighted by molar-refractivity contribution is -0.137. The second-order valence-corrected chi connectivity index (χ2v) is 7.73. The van der Waals surface area contributed by atoms with E-state index >= 15 is 0 Å². The van der Waals surface area contributed by atoms with Crippen molar-refractivity contribution in [2.45, 2.75) is 25.2 Å². The van der Waals surface area contributed by atoms with Crippen LogP contribution >= 0.6 is 0 Å². The lowest BCUT2D eigenvalue weighted by Crippen LogP contribution is -2.37. The van der Waals surface area contributed by atoms with Gasteiger partial charge in [0.2, 0.25) is 5.91 Å². The normalized spacial score (nSPS) is 23.2. The van der Waals surface area contributed by atoms with Gasteiger partial charge in [-0.3, -0.25) is 14.4 Å². The molecular formula is C23H17F3N2O4. The van der Waals surface area contributed by atoms with Crippen molar-refractivity contribution < 1.29 is 32.0 Å². The smallest absolute Gasteiger partial charge is 0.416 e. The number of hydrogen-bond acceptors (Lipinski definition) is 5. The van der Waals surface area contributed by atoms with Crippen molar-refractivity contribution in [1.82, 2.24) is 0 Å². The largest absolute Gasteiger partial charge is 0.467 e. The van der Waals surface area contributed by atoms with Gasteiger partial charge in [-0.2, -0.15) is 13.2 Å². The van der Waals surface area contributed by atoms with E-state index in [1.807, 2.05) is 31.2 Å². The van der Waals surface area contributed by atoms with Gasteiger partial charge in [0.15, 0.2) is 6.10 Å². The molecule has 32 heavy (non-hydrogen) atoms. The van der Waals surface area contributed by atoms with E-state index in [9.17, 15) is 22.8 Å². The van der Waals surface area contributed by atoms with Crippen LogP contribution in [0, 0.1) is 12.8 Å². The highest BCUT2D eigenvalue weighted by Gasteiger charge is 2.61. The van der Waals surface area contributed by atoms with Crippen LogP contribution in [0.1, 0.15) is 22.9 Å². The van der Waals surface area contributed by atoms with Crippen LogP contribution in [-0.2, 0) is 20.6 Å². The molecule has 2 aliphatic heterocycles. The number of rotatable bonds is 3. The van der Waals surface area contributed by atoms with Gasteiger partial charge in [0.05, 0.1) is 23.2 Å². The minimum absolute atomic E-state index is 0.0612. The Labute approximate surface area is 180 Å². The first-order valence-electron chi connectivity index (χ1n) is 9.87. The van der Waals surface area contributed by atoms with Gasteiger partial charge in [0, 0.05) is 0 Å². The zero-order chi connectivity index (χ0) is 22.6. The average molecular weight is 442 g/mol. The fourth-order valence-electron chi connectivity index (χ4n) is 4.13. The highest BCUT2D eigenvalue weighted by Crippen LogP contribution is 2.47. The van der Waals surface area contributed by atoms with Crippen molar-refractivity contribution in [2.24, 2.45) is 5.92 Å². The highest BCUT2D eigenvalue weighted by molar-refractivity contribution is 6.23. The van der Waals surface area contributed by atoms with E-state index in [0.29, 0.717) is 11.4 Å². The number of carbonyl (C=O) groups is 2. The number of benzene rings is 2. The fourth-order valence-corrected chi connectivity index (χ4v) is 4.13. The lowest BCUT2D eigenvalue weighted by atomic mass is 9.94. The zero-order valence-corrected chi connectivity index (χ0v) is 16.7. The Morgan fingerprint density at radius 2 is 1.53 bits per heavy atom. The van der Waals surface area contributed by atoms with E-state index in [1.54, 1.807) is 12.1 Å². The lowest BCUT2D eigenvalue weighted by Gasteiger charge is -2.27. The fraction of sp³-hybridized carbons (Fsp3) is 0.217. The zero-order valence-electron chi connectivity index (χ0n) is 16.7. The van der Waals surface area contributed by atoms with Gasteiger partial charge in [0.25, 0.3) is 5.91 Å². The van der Waals surface area contributed by atoms with Gasteiger partial charge in [-0.05, 0) is 55.5 Å². The standard InChI is InChI=1S/C23H17F3N2O4/c1-13-4-8-16(9-5-13)28-19(17-3-2-12-31-17)18-20(32-28)22(30)27(21(18)29)15-10-6-14(7-11-15)23(24,25)26/h2-12,18-20H,1H3/t18-,19-,20-/m1/s1. The summed E-state index contributed by atoms with van der Waals surface area (Å²) in [5.41, 5.74) is 0.873. The monoisotopic (exact) mass is 442 g/mol. The van der Waals surface area contributed by atoms with E-state index in [-0.39, 0.29) is 5.69 Å². The van der Waals surface area contributed by atoms with Crippen LogP contribution < -0.4 is 9.96 Å². The second kappa shape index (κ2) is 7.23. The van der Waals surface area contributed by atoms with Crippen molar-refractivity contribution in [3.05, 3.63) is 83.8 Å². The average Bonchev–Trinajstić information content (AvgIpc) is 3.46. The van der Waals surface area contributed by atoms with Crippen LogP contribution in [0.15, 0.2) is 71.3 Å². The molecule has 6 nitrogen and oxygen atoms in total. The summed E-state index contributed by atoms with van der Waals surface area (Å²) in [4.78, 5) is 33.3. The number of hydroxylamine groups is 1. The molecule has 2 aromatic carbocycles. The maximum atomic E-state index is 13.4. The molecule has 0 radical (unpaired) electrons. The number of imide groups is 1. The van der Waals surface area contributed by atoms with E-state index in [1.165, 1.54) is 11.3 Å². The Balaban J connectivity index is 1.51. The number of carbonyl (C=O) groups excluding carboxylic acids is 2. The van der Waals surface area contributed by atoms with Gasteiger partial charge >= 0.3 is 6.18 Å². The van der Waals surface area contributed by atoms with Crippen LogP contribution in [0.5, 0.6) is 0 Å². The van der Waals surface area contributed by atoms with E-state index in [0.717, 1.165) is 34.7 Å². The molecular weight excluding hydrogens is 425 g/mol. The van der Waals surface area contributed by atoms with Crippen LogP contribution in [0.25, 0.3) is 0 Å². The molecule has 164 valence electrons. The van der Waals surface area contributed by atoms with E-state index < -0.39 is 41.6 Å². The first-order chi connectivity index (χ1) is 15.3. The van der Waals surface area contributed by atoms with Crippen LogP contribution in [0.4, 0.5) is 24.5 Å². The minimum atomic E-state index is -4.52. The van der Waals surface area contributed by atoms with Crippen molar-refractivity contribution >= 4 is 23.2 Å². The molecule has 2 saturated heterocycles. The molecule has 0 spiro atoms. The van der Waals surface area contributed by atoms with Crippen molar-refractivity contribution in [3.8, 4) is 0 Å². The highest BCUT2D eigenvalue weighted by atomic mass is 19.4. The quantitative estimate of drug-likeness (QED) is 0.553. The SMILES string of the molecule is Cc1ccc(N2O[C@H]3C(=O)N(c4ccc(C(F)(F)F)cc4)C(=O)[C@@H]3[C@H]2c2ccco2)cc1. The third-order valence-corrected chi connectivity index (χ3v) is 5.69. The number of anilines is 2. The number of fused-ring (bicyclic) bond motifs is 1. The van der Waals surface area contributed by atoms with Crippen LogP contribution in [-0.4, -0.2) is 17.9 Å². The molecule has 2 aliphatic rings. The summed E-state index contributed by atoms with van der Waals surface area (Å²) in [6.07, 6.45) is -4.18. The predicted molar refractivity (Wildman–Crippen MR) is 107 cm³/mol.